The van der Waals surface area contributed by atoms with Crippen molar-refractivity contribution >= 4 is 11.6 Å². The first-order chi connectivity index (χ1) is 12.7. The van der Waals surface area contributed by atoms with Crippen molar-refractivity contribution in [2.75, 3.05) is 18.0 Å². The van der Waals surface area contributed by atoms with Crippen LogP contribution in [0.2, 0.25) is 0 Å². The predicted molar refractivity (Wildman–Crippen MR) is 94.2 cm³/mol. The quantitative estimate of drug-likeness (QED) is 0.906. The highest BCUT2D eigenvalue weighted by Gasteiger charge is 2.31. The predicted octanol–water partition coefficient (Wildman–Crippen LogP) is 1.86. The molecule has 0 saturated carbocycles. The zero-order valence-corrected chi connectivity index (χ0v) is 14.6. The Morgan fingerprint density at radius 1 is 1.12 bits per heavy atom. The van der Waals surface area contributed by atoms with E-state index in [9.17, 15) is 9.18 Å². The number of amides is 1. The number of hydrogen-bond acceptors (Lipinski definition) is 5. The first-order valence-corrected chi connectivity index (χ1v) is 9.28. The number of hydrogen-bond donors (Lipinski definition) is 1. The molecule has 26 heavy (non-hydrogen) atoms. The lowest BCUT2D eigenvalue weighted by Gasteiger charge is -2.34. The fraction of sp³-hybridized carbons (Fsp3) is 0.556. The molecule has 1 aromatic carbocycles. The summed E-state index contributed by atoms with van der Waals surface area (Å²) < 4.78 is 15.7. The fourth-order valence-electron chi connectivity index (χ4n) is 3.88. The second-order valence-electron chi connectivity index (χ2n) is 7.03. The summed E-state index contributed by atoms with van der Waals surface area (Å²) in [6.45, 7) is 2.23. The number of nitrogens with zero attached hydrogens (tertiary/aromatic N) is 5. The second-order valence-corrected chi connectivity index (χ2v) is 7.03. The van der Waals surface area contributed by atoms with Crippen LogP contribution in [0.25, 0.3) is 0 Å². The molecule has 1 amide bonds. The van der Waals surface area contributed by atoms with Crippen LogP contribution in [0.1, 0.15) is 43.8 Å². The van der Waals surface area contributed by atoms with Crippen molar-refractivity contribution in [3.05, 3.63) is 35.9 Å². The first kappa shape index (κ1) is 16.9. The Hall–Kier alpha value is -2.51. The highest BCUT2D eigenvalue weighted by molar-refractivity contribution is 5.83. The number of rotatable bonds is 3. The molecular weight excluding hydrogens is 335 g/mol. The normalized spacial score (nSPS) is 21.1. The Kier molecular flexibility index (Phi) is 4.81. The number of nitrogens with one attached hydrogen (secondary N) is 1. The molecule has 1 atom stereocenters. The van der Waals surface area contributed by atoms with Gasteiger partial charge in [0, 0.05) is 25.7 Å². The lowest BCUT2D eigenvalue weighted by Crippen LogP contribution is -2.46. The monoisotopic (exact) mass is 358 g/mol. The van der Waals surface area contributed by atoms with Gasteiger partial charge in [-0.15, -0.1) is 5.10 Å². The van der Waals surface area contributed by atoms with Gasteiger partial charge in [-0.2, -0.15) is 0 Å². The topological polar surface area (TPSA) is 75.9 Å². The van der Waals surface area contributed by atoms with Crippen LogP contribution in [0.5, 0.6) is 0 Å². The summed E-state index contributed by atoms with van der Waals surface area (Å²) in [5.74, 6) is 0.202. The summed E-state index contributed by atoms with van der Waals surface area (Å²) in [5.41, 5.74) is 0.639. The average Bonchev–Trinajstić information content (AvgIpc) is 3.02. The average molecular weight is 358 g/mol. The highest BCUT2D eigenvalue weighted by atomic mass is 19.1. The smallest absolute Gasteiger partial charge is 0.231 e. The molecule has 2 aliphatic heterocycles. The van der Waals surface area contributed by atoms with E-state index in [0.717, 1.165) is 51.7 Å². The minimum absolute atomic E-state index is 0.00675. The molecule has 1 N–H and O–H groups in total. The van der Waals surface area contributed by atoms with E-state index in [-0.39, 0.29) is 23.7 Å². The molecule has 2 aromatic rings. The van der Waals surface area contributed by atoms with Gasteiger partial charge in [0.1, 0.15) is 5.82 Å². The number of tetrazole rings is 1. The van der Waals surface area contributed by atoms with E-state index in [0.29, 0.717) is 11.5 Å². The lowest BCUT2D eigenvalue weighted by atomic mass is 9.99. The van der Waals surface area contributed by atoms with E-state index < -0.39 is 0 Å². The molecule has 0 unspecified atom stereocenters. The molecular formula is C18H23FN6O. The maximum atomic E-state index is 13.9. The number of aryl methyl sites for hydroxylation is 1. The number of benzene rings is 1. The molecule has 0 radical (unpaired) electrons. The maximum Gasteiger partial charge on any atom is 0.231 e. The number of halogens is 1. The molecule has 4 rings (SSSR count). The van der Waals surface area contributed by atoms with Crippen molar-refractivity contribution in [1.82, 2.24) is 25.5 Å². The third-order valence-corrected chi connectivity index (χ3v) is 5.33. The highest BCUT2D eigenvalue weighted by Crippen LogP contribution is 2.26. The van der Waals surface area contributed by atoms with Gasteiger partial charge in [0.05, 0.1) is 11.6 Å². The van der Waals surface area contributed by atoms with Gasteiger partial charge in [0.2, 0.25) is 5.91 Å². The molecule has 1 aromatic heterocycles. The molecule has 3 heterocycles. The van der Waals surface area contributed by atoms with Crippen molar-refractivity contribution in [3.8, 4) is 0 Å². The summed E-state index contributed by atoms with van der Waals surface area (Å²) in [4.78, 5) is 14.8. The lowest BCUT2D eigenvalue weighted by molar-refractivity contribution is -0.123. The fourth-order valence-corrected chi connectivity index (χ4v) is 3.88. The molecule has 138 valence electrons. The van der Waals surface area contributed by atoms with Crippen molar-refractivity contribution in [3.63, 3.8) is 0 Å². The number of anilines is 1. The molecule has 0 bridgehead atoms. The molecule has 7 nitrogen and oxygen atoms in total. The zero-order chi connectivity index (χ0) is 17.9. The van der Waals surface area contributed by atoms with E-state index in [1.165, 1.54) is 6.07 Å². The van der Waals surface area contributed by atoms with Crippen LogP contribution in [0.15, 0.2) is 24.3 Å². The van der Waals surface area contributed by atoms with E-state index in [2.05, 4.69) is 20.8 Å². The number of fused-ring (bicyclic) bond motifs is 1. The molecule has 1 fully saturated rings. The van der Waals surface area contributed by atoms with Gasteiger partial charge in [-0.25, -0.2) is 9.07 Å². The van der Waals surface area contributed by atoms with Gasteiger partial charge in [-0.3, -0.25) is 4.79 Å². The standard InChI is InChI=1S/C18H23FN6O/c19-15-6-1-2-7-16(15)24-11-8-13(9-12-24)20-18(26)14-5-3-4-10-25-17(14)21-22-23-25/h1-2,6-7,13-14H,3-5,8-12H2,(H,20,26)/t14-/m0/s1. The van der Waals surface area contributed by atoms with E-state index in [4.69, 9.17) is 0 Å². The van der Waals surface area contributed by atoms with Gasteiger partial charge in [0.25, 0.3) is 0 Å². The minimum atomic E-state index is -0.280. The summed E-state index contributed by atoms with van der Waals surface area (Å²) >= 11 is 0. The van der Waals surface area contributed by atoms with Gasteiger partial charge in [-0.05, 0) is 48.2 Å². The Labute approximate surface area is 151 Å². The van der Waals surface area contributed by atoms with Crippen molar-refractivity contribution in [1.29, 1.82) is 0 Å². The maximum absolute atomic E-state index is 13.9. The van der Waals surface area contributed by atoms with Crippen molar-refractivity contribution in [2.45, 2.75) is 50.6 Å². The number of para-hydroxylation sites is 1. The first-order valence-electron chi connectivity index (χ1n) is 9.28. The molecule has 0 aliphatic carbocycles. The minimum Gasteiger partial charge on any atom is -0.369 e. The number of carbonyl (C=O) groups excluding carboxylic acids is 1. The Morgan fingerprint density at radius 3 is 2.73 bits per heavy atom. The number of aromatic nitrogens is 4. The molecule has 2 aliphatic rings. The second kappa shape index (κ2) is 7.39. The van der Waals surface area contributed by atoms with Gasteiger partial charge in [-0.1, -0.05) is 18.6 Å². The van der Waals surface area contributed by atoms with Crippen LogP contribution in [0.3, 0.4) is 0 Å². The summed E-state index contributed by atoms with van der Waals surface area (Å²) in [6, 6.07) is 6.95. The van der Waals surface area contributed by atoms with E-state index in [1.54, 1.807) is 16.8 Å². The van der Waals surface area contributed by atoms with Gasteiger partial charge in [0.15, 0.2) is 5.82 Å². The molecule has 0 spiro atoms. The SMILES string of the molecule is O=C(NC1CCN(c2ccccc2F)CC1)[C@H]1CCCCn2nnnc21. The van der Waals surface area contributed by atoms with Crippen LogP contribution >= 0.6 is 0 Å². The van der Waals surface area contributed by atoms with Crippen molar-refractivity contribution in [2.24, 2.45) is 0 Å². The Morgan fingerprint density at radius 2 is 1.92 bits per heavy atom. The van der Waals surface area contributed by atoms with Crippen LogP contribution in [-0.2, 0) is 11.3 Å². The van der Waals surface area contributed by atoms with E-state index in [1.807, 2.05) is 11.0 Å². The largest absolute Gasteiger partial charge is 0.369 e. The summed E-state index contributed by atoms with van der Waals surface area (Å²) in [5, 5.41) is 14.9. The Balaban J connectivity index is 1.36. The zero-order valence-electron chi connectivity index (χ0n) is 14.6. The van der Waals surface area contributed by atoms with Gasteiger partial charge >= 0.3 is 0 Å². The summed E-state index contributed by atoms with van der Waals surface area (Å²) in [7, 11) is 0. The number of piperidine rings is 1. The molecule has 8 heteroatoms. The van der Waals surface area contributed by atoms with E-state index >= 15 is 0 Å². The van der Waals surface area contributed by atoms with Crippen molar-refractivity contribution < 1.29 is 9.18 Å². The van der Waals surface area contributed by atoms with Crippen LogP contribution < -0.4 is 10.2 Å². The Bertz CT molecular complexity index is 771. The summed E-state index contributed by atoms with van der Waals surface area (Å²) in [6.07, 6.45) is 4.35. The number of carbonyl (C=O) groups is 1. The van der Waals surface area contributed by atoms with Crippen LogP contribution in [0, 0.1) is 5.82 Å². The molecule has 1 saturated heterocycles. The van der Waals surface area contributed by atoms with Crippen LogP contribution in [-0.4, -0.2) is 45.2 Å². The van der Waals surface area contributed by atoms with Crippen LogP contribution in [0.4, 0.5) is 10.1 Å². The third kappa shape index (κ3) is 3.40. The van der Waals surface area contributed by atoms with Gasteiger partial charge < -0.3 is 10.2 Å². The third-order valence-electron chi connectivity index (χ3n) is 5.33.